The number of aromatic amines is 1. The van der Waals surface area contributed by atoms with Gasteiger partial charge in [0.1, 0.15) is 0 Å². The topological polar surface area (TPSA) is 89.6 Å². The Morgan fingerprint density at radius 3 is 3.11 bits per heavy atom. The highest BCUT2D eigenvalue weighted by atomic mass is 127. The third kappa shape index (κ3) is 1.82. The zero-order chi connectivity index (χ0) is 12.7. The molecule has 0 amide bonds. The van der Waals surface area contributed by atoms with Crippen LogP contribution in [0, 0.1) is 5.92 Å². The minimum atomic E-state index is -0.288. The van der Waals surface area contributed by atoms with Gasteiger partial charge in [-0.3, -0.25) is 9.78 Å². The van der Waals surface area contributed by atoms with Gasteiger partial charge in [0.05, 0.1) is 12.4 Å². The molecule has 7 heteroatoms. The summed E-state index contributed by atoms with van der Waals surface area (Å²) in [6, 6.07) is 0.212. The first kappa shape index (κ1) is 11.7. The summed E-state index contributed by atoms with van der Waals surface area (Å²) in [6.45, 7) is 0. The van der Waals surface area contributed by atoms with Gasteiger partial charge >= 0.3 is 0 Å². The van der Waals surface area contributed by atoms with E-state index < -0.39 is 0 Å². The van der Waals surface area contributed by atoms with E-state index in [4.69, 9.17) is 5.73 Å². The number of nitrogens with one attached hydrogen (secondary N) is 1. The normalized spacial score (nSPS) is 22.9. The average molecular weight is 357 g/mol. The second kappa shape index (κ2) is 4.38. The predicted molar refractivity (Wildman–Crippen MR) is 77.7 cm³/mol. The molecule has 0 aromatic carbocycles. The highest BCUT2D eigenvalue weighted by Crippen LogP contribution is 2.30. The molecule has 0 saturated heterocycles. The summed E-state index contributed by atoms with van der Waals surface area (Å²) in [6.07, 6.45) is 7.03. The van der Waals surface area contributed by atoms with E-state index in [9.17, 15) is 4.79 Å². The van der Waals surface area contributed by atoms with Gasteiger partial charge in [0.2, 0.25) is 5.95 Å². The first-order valence-electron chi connectivity index (χ1n) is 5.65. The molecule has 0 fully saturated rings. The average Bonchev–Trinajstić information content (AvgIpc) is 2.93. The quantitative estimate of drug-likeness (QED) is 0.481. The van der Waals surface area contributed by atoms with E-state index >= 15 is 0 Å². The number of imidazole rings is 1. The number of rotatable bonds is 2. The largest absolute Gasteiger partial charge is 0.369 e. The molecule has 0 radical (unpaired) electrons. The number of nitrogens with two attached hydrogens (primary N) is 1. The zero-order valence-electron chi connectivity index (χ0n) is 9.51. The molecule has 2 aromatic rings. The van der Waals surface area contributed by atoms with Crippen LogP contribution < -0.4 is 11.3 Å². The number of hydrogen-bond donors (Lipinski definition) is 2. The van der Waals surface area contributed by atoms with Gasteiger partial charge in [-0.25, -0.2) is 4.98 Å². The van der Waals surface area contributed by atoms with Crippen molar-refractivity contribution in [2.75, 3.05) is 10.2 Å². The molecular weight excluding hydrogens is 345 g/mol. The third-order valence-corrected chi connectivity index (χ3v) is 4.29. The number of nitrogen functional groups attached to an aromatic ring is 1. The lowest BCUT2D eigenvalue weighted by Crippen LogP contribution is -2.13. The maximum atomic E-state index is 11.7. The Hall–Kier alpha value is -1.38. The molecule has 1 aliphatic carbocycles. The number of alkyl halides is 1. The van der Waals surface area contributed by atoms with Crippen molar-refractivity contribution >= 4 is 39.7 Å². The highest BCUT2D eigenvalue weighted by molar-refractivity contribution is 14.1. The van der Waals surface area contributed by atoms with Crippen LogP contribution in [0.25, 0.3) is 11.2 Å². The fraction of sp³-hybridized carbons (Fsp3) is 0.364. The van der Waals surface area contributed by atoms with Crippen molar-refractivity contribution in [2.24, 2.45) is 5.92 Å². The molecule has 18 heavy (non-hydrogen) atoms. The van der Waals surface area contributed by atoms with Gasteiger partial charge in [-0.2, -0.15) is 4.98 Å². The number of fused-ring (bicyclic) bond motifs is 1. The number of aromatic nitrogens is 4. The molecule has 0 saturated carbocycles. The Bertz CT molecular complexity index is 674. The minimum Gasteiger partial charge on any atom is -0.369 e. The highest BCUT2D eigenvalue weighted by Gasteiger charge is 2.22. The van der Waals surface area contributed by atoms with Crippen molar-refractivity contribution in [1.29, 1.82) is 0 Å². The Morgan fingerprint density at radius 2 is 2.39 bits per heavy atom. The van der Waals surface area contributed by atoms with Gasteiger partial charge in [0.25, 0.3) is 5.56 Å². The van der Waals surface area contributed by atoms with Crippen LogP contribution >= 0.6 is 22.6 Å². The van der Waals surface area contributed by atoms with Crippen LogP contribution in [0.5, 0.6) is 0 Å². The molecule has 0 unspecified atom stereocenters. The van der Waals surface area contributed by atoms with Gasteiger partial charge in [-0.05, 0) is 12.3 Å². The van der Waals surface area contributed by atoms with Crippen molar-refractivity contribution in [1.82, 2.24) is 19.5 Å². The lowest BCUT2D eigenvalue weighted by Gasteiger charge is -2.12. The van der Waals surface area contributed by atoms with Crippen LogP contribution in [0.15, 0.2) is 23.3 Å². The van der Waals surface area contributed by atoms with Gasteiger partial charge in [-0.15, -0.1) is 0 Å². The molecule has 6 nitrogen and oxygen atoms in total. The second-order valence-electron chi connectivity index (χ2n) is 4.38. The molecule has 1 aliphatic rings. The summed E-state index contributed by atoms with van der Waals surface area (Å²) in [5, 5.41) is 0. The summed E-state index contributed by atoms with van der Waals surface area (Å²) >= 11 is 2.38. The first-order chi connectivity index (χ1) is 8.69. The zero-order valence-corrected chi connectivity index (χ0v) is 11.7. The number of allylic oxidation sites excluding steroid dienone is 2. The van der Waals surface area contributed by atoms with E-state index in [1.54, 1.807) is 6.33 Å². The van der Waals surface area contributed by atoms with Crippen molar-refractivity contribution in [3.05, 3.63) is 28.8 Å². The van der Waals surface area contributed by atoms with Crippen LogP contribution in [-0.2, 0) is 0 Å². The Balaban J connectivity index is 2.09. The van der Waals surface area contributed by atoms with Crippen molar-refractivity contribution in [2.45, 2.75) is 12.5 Å². The van der Waals surface area contributed by atoms with Gasteiger partial charge < -0.3 is 10.3 Å². The first-order valence-corrected chi connectivity index (χ1v) is 7.18. The van der Waals surface area contributed by atoms with Crippen molar-refractivity contribution < 1.29 is 0 Å². The van der Waals surface area contributed by atoms with Gasteiger partial charge in [0.15, 0.2) is 11.2 Å². The second-order valence-corrected chi connectivity index (χ2v) is 5.26. The SMILES string of the molecule is Nc1nc2c(ncn2[C@H]2C=C[C@@H](CI)C2)c(=O)[nH]1. The van der Waals surface area contributed by atoms with E-state index in [0.717, 1.165) is 10.8 Å². The van der Waals surface area contributed by atoms with Crippen molar-refractivity contribution in [3.8, 4) is 0 Å². The van der Waals surface area contributed by atoms with Gasteiger partial charge in [0, 0.05) is 4.43 Å². The van der Waals surface area contributed by atoms with E-state index in [1.165, 1.54) is 0 Å². The Kier molecular flexibility index (Phi) is 2.84. The number of H-pyrrole nitrogens is 1. The summed E-state index contributed by atoms with van der Waals surface area (Å²) in [7, 11) is 0. The minimum absolute atomic E-state index is 0.127. The number of hydrogen-bond acceptors (Lipinski definition) is 4. The summed E-state index contributed by atoms with van der Waals surface area (Å²) in [5.41, 5.74) is 6.19. The fourth-order valence-corrected chi connectivity index (χ4v) is 2.91. The monoisotopic (exact) mass is 357 g/mol. The molecule has 0 spiro atoms. The van der Waals surface area contributed by atoms with Crippen molar-refractivity contribution in [3.63, 3.8) is 0 Å². The van der Waals surface area contributed by atoms with Gasteiger partial charge in [-0.1, -0.05) is 34.7 Å². The third-order valence-electron chi connectivity index (χ3n) is 3.16. The summed E-state index contributed by atoms with van der Waals surface area (Å²) in [4.78, 5) is 22.4. The van der Waals surface area contributed by atoms with Crippen LogP contribution in [0.4, 0.5) is 5.95 Å². The number of nitrogens with zero attached hydrogens (tertiary/aromatic N) is 3. The lowest BCUT2D eigenvalue weighted by atomic mass is 10.1. The van der Waals surface area contributed by atoms with E-state index in [1.807, 2.05) is 4.57 Å². The summed E-state index contributed by atoms with van der Waals surface area (Å²) in [5.74, 6) is 0.703. The van der Waals surface area contributed by atoms with Crippen LogP contribution in [-0.4, -0.2) is 23.9 Å². The lowest BCUT2D eigenvalue weighted by molar-refractivity contribution is 0.544. The maximum Gasteiger partial charge on any atom is 0.280 e. The summed E-state index contributed by atoms with van der Waals surface area (Å²) < 4.78 is 3.01. The fourth-order valence-electron chi connectivity index (χ4n) is 2.26. The number of halogens is 1. The van der Waals surface area contributed by atoms with Crippen LogP contribution in [0.3, 0.4) is 0 Å². The molecule has 0 aliphatic heterocycles. The molecule has 3 rings (SSSR count). The smallest absolute Gasteiger partial charge is 0.280 e. The Morgan fingerprint density at radius 1 is 1.56 bits per heavy atom. The molecule has 3 N–H and O–H groups in total. The van der Waals surface area contributed by atoms with E-state index in [-0.39, 0.29) is 17.5 Å². The molecule has 94 valence electrons. The predicted octanol–water partition coefficient (Wildman–Crippen LogP) is 1.25. The Labute approximate surface area is 116 Å². The maximum absolute atomic E-state index is 11.7. The number of anilines is 1. The van der Waals surface area contributed by atoms with E-state index in [0.29, 0.717) is 17.1 Å². The molecule has 0 bridgehead atoms. The molecular formula is C11H12IN5O. The van der Waals surface area contributed by atoms with Crippen LogP contribution in [0.1, 0.15) is 12.5 Å². The molecule has 2 heterocycles. The van der Waals surface area contributed by atoms with E-state index in [2.05, 4.69) is 49.7 Å². The molecule has 2 aromatic heterocycles. The molecule has 2 atom stereocenters. The standard InChI is InChI=1S/C11H12IN5O/c12-4-6-1-2-7(3-6)17-5-14-8-9(17)15-11(13)16-10(8)18/h1-2,5-7H,3-4H2,(H3,13,15,16,18)/t6-,7+/m1/s1. The van der Waals surface area contributed by atoms with Crippen LogP contribution in [0.2, 0.25) is 0 Å².